The quantitative estimate of drug-likeness (QED) is 0.574. The van der Waals surface area contributed by atoms with Crippen molar-refractivity contribution in [2.45, 2.75) is 0 Å². The SMILES string of the molecule is COc1ccc(C(=O)COC(=O)c2ccc(OC)cc2OC)cc1. The molecule has 0 amide bonds. The highest BCUT2D eigenvalue weighted by atomic mass is 16.5. The summed E-state index contributed by atoms with van der Waals surface area (Å²) in [5.74, 6) is 0.565. The molecule has 0 spiro atoms. The van der Waals surface area contributed by atoms with E-state index in [-0.39, 0.29) is 18.0 Å². The van der Waals surface area contributed by atoms with Crippen molar-refractivity contribution in [2.24, 2.45) is 0 Å². The van der Waals surface area contributed by atoms with Crippen molar-refractivity contribution in [1.82, 2.24) is 0 Å². The summed E-state index contributed by atoms with van der Waals surface area (Å²) in [6.07, 6.45) is 0. The molecule has 0 heterocycles. The molecule has 0 aliphatic rings. The first-order valence-electron chi connectivity index (χ1n) is 7.15. The monoisotopic (exact) mass is 330 g/mol. The molecule has 24 heavy (non-hydrogen) atoms. The van der Waals surface area contributed by atoms with E-state index < -0.39 is 5.97 Å². The van der Waals surface area contributed by atoms with Crippen LogP contribution in [0.1, 0.15) is 20.7 Å². The van der Waals surface area contributed by atoms with Crippen molar-refractivity contribution in [3.8, 4) is 17.2 Å². The minimum atomic E-state index is -0.642. The minimum Gasteiger partial charge on any atom is -0.497 e. The number of hydrogen-bond acceptors (Lipinski definition) is 6. The Balaban J connectivity index is 2.03. The largest absolute Gasteiger partial charge is 0.497 e. The molecule has 0 bridgehead atoms. The summed E-state index contributed by atoms with van der Waals surface area (Å²) < 4.78 is 20.3. The molecule has 0 aliphatic heterocycles. The molecule has 0 aliphatic carbocycles. The van der Waals surface area contributed by atoms with Gasteiger partial charge in [-0.05, 0) is 36.4 Å². The number of hydrogen-bond donors (Lipinski definition) is 0. The highest BCUT2D eigenvalue weighted by Gasteiger charge is 2.17. The van der Waals surface area contributed by atoms with E-state index in [0.717, 1.165) is 0 Å². The molecule has 0 saturated carbocycles. The van der Waals surface area contributed by atoms with Gasteiger partial charge < -0.3 is 18.9 Å². The second-order valence-electron chi connectivity index (χ2n) is 4.79. The zero-order valence-corrected chi connectivity index (χ0v) is 13.7. The summed E-state index contributed by atoms with van der Waals surface area (Å²) in [4.78, 5) is 24.2. The van der Waals surface area contributed by atoms with Crippen molar-refractivity contribution in [3.05, 3.63) is 53.6 Å². The van der Waals surface area contributed by atoms with Crippen LogP contribution in [0.2, 0.25) is 0 Å². The Morgan fingerprint density at radius 3 is 2.04 bits per heavy atom. The number of methoxy groups -OCH3 is 3. The zero-order chi connectivity index (χ0) is 17.5. The van der Waals surface area contributed by atoms with E-state index in [2.05, 4.69) is 0 Å². The molecule has 2 aromatic rings. The maximum Gasteiger partial charge on any atom is 0.342 e. The van der Waals surface area contributed by atoms with Gasteiger partial charge in [0, 0.05) is 11.6 Å². The van der Waals surface area contributed by atoms with Gasteiger partial charge in [0.1, 0.15) is 22.8 Å². The summed E-state index contributed by atoms with van der Waals surface area (Å²) >= 11 is 0. The molecule has 6 heteroatoms. The van der Waals surface area contributed by atoms with E-state index >= 15 is 0 Å². The molecule has 0 aromatic heterocycles. The van der Waals surface area contributed by atoms with Crippen LogP contribution in [0.4, 0.5) is 0 Å². The molecule has 0 radical (unpaired) electrons. The van der Waals surface area contributed by atoms with Crippen molar-refractivity contribution >= 4 is 11.8 Å². The van der Waals surface area contributed by atoms with Crippen LogP contribution in [0.25, 0.3) is 0 Å². The van der Waals surface area contributed by atoms with Gasteiger partial charge in [-0.3, -0.25) is 4.79 Å². The molecule has 0 fully saturated rings. The first-order valence-corrected chi connectivity index (χ1v) is 7.15. The number of ether oxygens (including phenoxy) is 4. The Morgan fingerprint density at radius 1 is 0.833 bits per heavy atom. The first kappa shape index (κ1) is 17.3. The molecule has 2 rings (SSSR count). The van der Waals surface area contributed by atoms with E-state index in [1.807, 2.05) is 0 Å². The van der Waals surface area contributed by atoms with Crippen molar-refractivity contribution in [3.63, 3.8) is 0 Å². The van der Waals surface area contributed by atoms with E-state index in [0.29, 0.717) is 22.8 Å². The second-order valence-corrected chi connectivity index (χ2v) is 4.79. The van der Waals surface area contributed by atoms with E-state index in [9.17, 15) is 9.59 Å². The van der Waals surface area contributed by atoms with Gasteiger partial charge >= 0.3 is 5.97 Å². The Morgan fingerprint density at radius 2 is 1.46 bits per heavy atom. The lowest BCUT2D eigenvalue weighted by atomic mass is 10.1. The number of ketones is 1. The van der Waals surface area contributed by atoms with Crippen molar-refractivity contribution in [1.29, 1.82) is 0 Å². The Hall–Kier alpha value is -3.02. The molecular formula is C18H18O6. The van der Waals surface area contributed by atoms with Crippen LogP contribution in [0.5, 0.6) is 17.2 Å². The van der Waals surface area contributed by atoms with Gasteiger partial charge in [-0.1, -0.05) is 0 Å². The maximum atomic E-state index is 12.1. The highest BCUT2D eigenvalue weighted by molar-refractivity contribution is 6.00. The Bertz CT molecular complexity index is 721. The molecule has 0 atom stereocenters. The summed E-state index contributed by atoms with van der Waals surface area (Å²) in [6.45, 7) is -0.361. The van der Waals surface area contributed by atoms with Gasteiger partial charge in [0.2, 0.25) is 0 Å². The van der Waals surface area contributed by atoms with Crippen molar-refractivity contribution < 1.29 is 28.5 Å². The number of esters is 1. The minimum absolute atomic E-state index is 0.223. The third kappa shape index (κ3) is 4.04. The average Bonchev–Trinajstić information content (AvgIpc) is 2.65. The van der Waals surface area contributed by atoms with Gasteiger partial charge in [0.15, 0.2) is 12.4 Å². The van der Waals surface area contributed by atoms with Gasteiger partial charge in [-0.25, -0.2) is 4.79 Å². The van der Waals surface area contributed by atoms with Gasteiger partial charge in [-0.15, -0.1) is 0 Å². The summed E-state index contributed by atoms with van der Waals surface area (Å²) in [6, 6.07) is 11.3. The fourth-order valence-corrected chi connectivity index (χ4v) is 2.04. The van der Waals surface area contributed by atoms with Crippen LogP contribution in [0.15, 0.2) is 42.5 Å². The lowest BCUT2D eigenvalue weighted by Gasteiger charge is -2.10. The Labute approximate surface area is 139 Å². The normalized spacial score (nSPS) is 9.96. The lowest BCUT2D eigenvalue weighted by Crippen LogP contribution is -2.15. The number of benzene rings is 2. The standard InChI is InChI=1S/C18H18O6/c1-21-13-6-4-12(5-7-13)16(19)11-24-18(20)15-9-8-14(22-2)10-17(15)23-3/h4-10H,11H2,1-3H3. The predicted octanol–water partition coefficient (Wildman–Crippen LogP) is 2.75. The Kier molecular flexibility index (Phi) is 5.78. The number of carbonyl (C=O) groups excluding carboxylic acids is 2. The smallest absolute Gasteiger partial charge is 0.342 e. The van der Waals surface area contributed by atoms with E-state index in [1.165, 1.54) is 20.3 Å². The van der Waals surface area contributed by atoms with Crippen LogP contribution in [-0.4, -0.2) is 39.7 Å². The zero-order valence-electron chi connectivity index (χ0n) is 13.7. The maximum absolute atomic E-state index is 12.1. The van der Waals surface area contributed by atoms with E-state index in [4.69, 9.17) is 18.9 Å². The van der Waals surface area contributed by atoms with Crippen LogP contribution in [0.3, 0.4) is 0 Å². The third-order valence-corrected chi connectivity index (χ3v) is 3.37. The summed E-state index contributed by atoms with van der Waals surface area (Å²) in [7, 11) is 4.50. The fourth-order valence-electron chi connectivity index (χ4n) is 2.04. The fraction of sp³-hybridized carbons (Fsp3) is 0.222. The molecule has 126 valence electrons. The van der Waals surface area contributed by atoms with Crippen LogP contribution >= 0.6 is 0 Å². The van der Waals surface area contributed by atoms with E-state index in [1.54, 1.807) is 43.5 Å². The van der Waals surface area contributed by atoms with Crippen molar-refractivity contribution in [2.75, 3.05) is 27.9 Å². The van der Waals surface area contributed by atoms with Crippen LogP contribution in [-0.2, 0) is 4.74 Å². The van der Waals surface area contributed by atoms with Crippen LogP contribution in [0, 0.1) is 0 Å². The van der Waals surface area contributed by atoms with Crippen LogP contribution < -0.4 is 14.2 Å². The molecule has 0 N–H and O–H groups in total. The predicted molar refractivity (Wildman–Crippen MR) is 87.2 cm³/mol. The van der Waals surface area contributed by atoms with Gasteiger partial charge in [0.25, 0.3) is 0 Å². The highest BCUT2D eigenvalue weighted by Crippen LogP contribution is 2.25. The molecule has 0 saturated heterocycles. The number of carbonyl (C=O) groups is 2. The summed E-state index contributed by atoms with van der Waals surface area (Å²) in [5, 5.41) is 0. The van der Waals surface area contributed by atoms with Gasteiger partial charge in [0.05, 0.1) is 21.3 Å². The molecule has 0 unspecified atom stereocenters. The lowest BCUT2D eigenvalue weighted by molar-refractivity contribution is 0.0471. The number of Topliss-reactive ketones (excluding diaryl/α,β-unsaturated/α-hetero) is 1. The second kappa shape index (κ2) is 8.01. The number of rotatable bonds is 7. The molecular weight excluding hydrogens is 312 g/mol. The third-order valence-electron chi connectivity index (χ3n) is 3.37. The first-order chi connectivity index (χ1) is 11.6. The van der Waals surface area contributed by atoms with Gasteiger partial charge in [-0.2, -0.15) is 0 Å². The molecule has 6 nitrogen and oxygen atoms in total. The topological polar surface area (TPSA) is 71.1 Å². The average molecular weight is 330 g/mol. The molecule has 2 aromatic carbocycles. The summed E-state index contributed by atoms with van der Waals surface area (Å²) in [5.41, 5.74) is 0.658.